The van der Waals surface area contributed by atoms with Gasteiger partial charge in [0.05, 0.1) is 5.92 Å². The van der Waals surface area contributed by atoms with Crippen LogP contribution in [0.1, 0.15) is 36.8 Å². The third kappa shape index (κ3) is 3.42. The average molecular weight is 289 g/mol. The molecule has 1 heterocycles. The Labute approximate surface area is 123 Å². The van der Waals surface area contributed by atoms with E-state index in [1.807, 2.05) is 37.3 Å². The molecule has 1 aromatic carbocycles. The first kappa shape index (κ1) is 14.7. The lowest BCUT2D eigenvalue weighted by Gasteiger charge is -2.22. The van der Waals surface area contributed by atoms with E-state index in [0.29, 0.717) is 5.13 Å². The van der Waals surface area contributed by atoms with Crippen molar-refractivity contribution in [1.82, 2.24) is 10.2 Å². The number of nitrogens with zero attached hydrogens (tertiary/aromatic N) is 2. The highest BCUT2D eigenvalue weighted by molar-refractivity contribution is 7.15. The second-order valence-corrected chi connectivity index (χ2v) is 6.07. The fraction of sp³-hybridized carbons (Fsp3) is 0.400. The maximum atomic E-state index is 12.6. The number of aromatic nitrogens is 2. The molecule has 0 spiro atoms. The Hall–Kier alpha value is -1.75. The van der Waals surface area contributed by atoms with Gasteiger partial charge in [-0.25, -0.2) is 0 Å². The molecule has 1 amide bonds. The molecular weight excluding hydrogens is 270 g/mol. The summed E-state index contributed by atoms with van der Waals surface area (Å²) in [4.78, 5) is 12.6. The van der Waals surface area contributed by atoms with E-state index in [-0.39, 0.29) is 17.7 Å². The molecule has 106 valence electrons. The minimum atomic E-state index is -0.162. The van der Waals surface area contributed by atoms with E-state index >= 15 is 0 Å². The highest BCUT2D eigenvalue weighted by Gasteiger charge is 2.26. The number of hydrogen-bond acceptors (Lipinski definition) is 4. The normalized spacial score (nSPS) is 13.8. The van der Waals surface area contributed by atoms with Gasteiger partial charge >= 0.3 is 0 Å². The van der Waals surface area contributed by atoms with Gasteiger partial charge in [0.1, 0.15) is 5.01 Å². The van der Waals surface area contributed by atoms with Crippen LogP contribution >= 0.6 is 11.3 Å². The van der Waals surface area contributed by atoms with Crippen LogP contribution in [0.4, 0.5) is 5.13 Å². The van der Waals surface area contributed by atoms with Gasteiger partial charge in [0.25, 0.3) is 0 Å². The Bertz CT molecular complexity index is 568. The van der Waals surface area contributed by atoms with Crippen LogP contribution in [0.2, 0.25) is 0 Å². The topological polar surface area (TPSA) is 54.9 Å². The molecule has 0 saturated carbocycles. The van der Waals surface area contributed by atoms with Crippen LogP contribution in [0.25, 0.3) is 0 Å². The van der Waals surface area contributed by atoms with E-state index in [4.69, 9.17) is 0 Å². The molecule has 0 unspecified atom stereocenters. The largest absolute Gasteiger partial charge is 0.300 e. The highest BCUT2D eigenvalue weighted by Crippen LogP contribution is 2.28. The minimum absolute atomic E-state index is 0.0123. The maximum Gasteiger partial charge on any atom is 0.234 e. The molecule has 0 saturated heterocycles. The van der Waals surface area contributed by atoms with E-state index in [0.717, 1.165) is 17.0 Å². The lowest BCUT2D eigenvalue weighted by atomic mass is 9.85. The molecule has 2 rings (SSSR count). The Morgan fingerprint density at radius 1 is 1.30 bits per heavy atom. The van der Waals surface area contributed by atoms with Crippen molar-refractivity contribution in [3.63, 3.8) is 0 Å². The lowest BCUT2D eigenvalue weighted by Crippen LogP contribution is -2.26. The summed E-state index contributed by atoms with van der Waals surface area (Å²) in [7, 11) is 0. The molecular formula is C15H19N3OS. The van der Waals surface area contributed by atoms with Gasteiger partial charge in [-0.1, -0.05) is 61.9 Å². The summed E-state index contributed by atoms with van der Waals surface area (Å²) < 4.78 is 0. The summed E-state index contributed by atoms with van der Waals surface area (Å²) in [6.45, 7) is 6.07. The van der Waals surface area contributed by atoms with Crippen LogP contribution in [0, 0.1) is 12.8 Å². The van der Waals surface area contributed by atoms with E-state index in [1.54, 1.807) is 0 Å². The fourth-order valence-electron chi connectivity index (χ4n) is 2.16. The molecule has 1 N–H and O–H groups in total. The molecule has 0 aliphatic carbocycles. The first-order valence-electron chi connectivity index (χ1n) is 6.77. The molecule has 1 aromatic heterocycles. The summed E-state index contributed by atoms with van der Waals surface area (Å²) in [6.07, 6.45) is 0.947. The number of nitrogens with one attached hydrogen (secondary N) is 1. The second kappa shape index (κ2) is 6.61. The zero-order valence-corrected chi connectivity index (χ0v) is 12.8. The smallest absolute Gasteiger partial charge is 0.234 e. The SMILES string of the molecule is CC[C@H](C)[C@@H](C(=O)Nc1nnc(C)s1)c1ccccc1. The van der Waals surface area contributed by atoms with Crippen LogP contribution in [-0.2, 0) is 4.79 Å². The quantitative estimate of drug-likeness (QED) is 0.914. The zero-order chi connectivity index (χ0) is 14.5. The summed E-state index contributed by atoms with van der Waals surface area (Å²) >= 11 is 1.39. The molecule has 0 fully saturated rings. The Kier molecular flexibility index (Phi) is 4.84. The molecule has 0 aliphatic rings. The average Bonchev–Trinajstić information content (AvgIpc) is 2.85. The van der Waals surface area contributed by atoms with Gasteiger partial charge in [0.2, 0.25) is 11.0 Å². The van der Waals surface area contributed by atoms with Crippen LogP contribution in [-0.4, -0.2) is 16.1 Å². The van der Waals surface area contributed by atoms with Crippen molar-refractivity contribution < 1.29 is 4.79 Å². The summed E-state index contributed by atoms with van der Waals surface area (Å²) in [5.74, 6) is 0.0959. The van der Waals surface area contributed by atoms with Crippen LogP contribution in [0.15, 0.2) is 30.3 Å². The minimum Gasteiger partial charge on any atom is -0.300 e. The van der Waals surface area contributed by atoms with E-state index < -0.39 is 0 Å². The summed E-state index contributed by atoms with van der Waals surface area (Å²) in [5, 5.41) is 12.2. The van der Waals surface area contributed by atoms with Crippen molar-refractivity contribution in [2.75, 3.05) is 5.32 Å². The van der Waals surface area contributed by atoms with Crippen molar-refractivity contribution in [3.8, 4) is 0 Å². The molecule has 2 aromatic rings. The van der Waals surface area contributed by atoms with Gasteiger partial charge in [-0.2, -0.15) is 0 Å². The van der Waals surface area contributed by atoms with Crippen molar-refractivity contribution in [1.29, 1.82) is 0 Å². The predicted octanol–water partition coefficient (Wildman–Crippen LogP) is 3.61. The molecule has 4 nitrogen and oxygen atoms in total. The Morgan fingerprint density at radius 3 is 2.55 bits per heavy atom. The zero-order valence-electron chi connectivity index (χ0n) is 12.0. The number of aryl methyl sites for hydroxylation is 1. The Balaban J connectivity index is 2.20. The van der Waals surface area contributed by atoms with Gasteiger partial charge in [-0.3, -0.25) is 10.1 Å². The van der Waals surface area contributed by atoms with E-state index in [1.165, 1.54) is 11.3 Å². The highest BCUT2D eigenvalue weighted by atomic mass is 32.1. The van der Waals surface area contributed by atoms with Crippen LogP contribution < -0.4 is 5.32 Å². The fourth-order valence-corrected chi connectivity index (χ4v) is 2.76. The third-order valence-electron chi connectivity index (χ3n) is 3.41. The molecule has 20 heavy (non-hydrogen) atoms. The molecule has 0 bridgehead atoms. The predicted molar refractivity (Wildman–Crippen MR) is 81.9 cm³/mol. The van der Waals surface area contributed by atoms with Gasteiger partial charge in [0, 0.05) is 0 Å². The summed E-state index contributed by atoms with van der Waals surface area (Å²) in [6, 6.07) is 9.90. The Morgan fingerprint density at radius 2 is 2.00 bits per heavy atom. The molecule has 0 aliphatic heterocycles. The van der Waals surface area contributed by atoms with Gasteiger partial charge in [-0.15, -0.1) is 10.2 Å². The van der Waals surface area contributed by atoms with Crippen molar-refractivity contribution in [2.45, 2.75) is 33.1 Å². The van der Waals surface area contributed by atoms with Crippen molar-refractivity contribution in [2.24, 2.45) is 5.92 Å². The lowest BCUT2D eigenvalue weighted by molar-refractivity contribution is -0.118. The van der Waals surface area contributed by atoms with Crippen molar-refractivity contribution in [3.05, 3.63) is 40.9 Å². The monoisotopic (exact) mass is 289 g/mol. The number of anilines is 1. The molecule has 0 radical (unpaired) electrons. The van der Waals surface area contributed by atoms with E-state index in [9.17, 15) is 4.79 Å². The molecule has 2 atom stereocenters. The van der Waals surface area contributed by atoms with Crippen LogP contribution in [0.3, 0.4) is 0 Å². The van der Waals surface area contributed by atoms with Gasteiger partial charge < -0.3 is 0 Å². The number of amides is 1. The van der Waals surface area contributed by atoms with Gasteiger partial charge in [0.15, 0.2) is 0 Å². The maximum absolute atomic E-state index is 12.6. The number of carbonyl (C=O) groups is 1. The van der Waals surface area contributed by atoms with Crippen molar-refractivity contribution >= 4 is 22.4 Å². The second-order valence-electron chi connectivity index (χ2n) is 4.89. The van der Waals surface area contributed by atoms with Gasteiger partial charge in [-0.05, 0) is 18.4 Å². The molecule has 5 heteroatoms. The first-order chi connectivity index (χ1) is 9.61. The number of rotatable bonds is 5. The number of benzene rings is 1. The third-order valence-corrected chi connectivity index (χ3v) is 4.16. The van der Waals surface area contributed by atoms with Crippen LogP contribution in [0.5, 0.6) is 0 Å². The number of hydrogen-bond donors (Lipinski definition) is 1. The number of carbonyl (C=O) groups excluding carboxylic acids is 1. The first-order valence-corrected chi connectivity index (χ1v) is 7.59. The van der Waals surface area contributed by atoms with E-state index in [2.05, 4.69) is 29.4 Å². The standard InChI is InChI=1S/C15H19N3OS/c1-4-10(2)13(12-8-6-5-7-9-12)14(19)16-15-18-17-11(3)20-15/h5-10,13H,4H2,1-3H3,(H,16,18,19)/t10-,13+/m0/s1. The summed E-state index contributed by atoms with van der Waals surface area (Å²) in [5.41, 5.74) is 1.04.